The lowest BCUT2D eigenvalue weighted by atomic mass is 9.41. The molecule has 0 aliphatic heterocycles. The first-order chi connectivity index (χ1) is 19.6. The lowest BCUT2D eigenvalue weighted by Crippen LogP contribution is -2.55. The molecule has 0 heterocycles. The van der Waals surface area contributed by atoms with Crippen LogP contribution >= 0.6 is 0 Å². The third-order valence-electron chi connectivity index (χ3n) is 15.9. The van der Waals surface area contributed by atoms with Crippen LogP contribution in [0.3, 0.4) is 0 Å². The normalized spacial score (nSPS) is 52.1. The topological polar surface area (TPSA) is 20.2 Å². The third-order valence-corrected chi connectivity index (χ3v) is 15.9. The molecular formula is C40H56O. The van der Waals surface area contributed by atoms with Crippen molar-refractivity contribution < 1.29 is 5.11 Å². The monoisotopic (exact) mass is 552 g/mol. The molecule has 0 unspecified atom stereocenters. The predicted octanol–water partition coefficient (Wildman–Crippen LogP) is 10.1. The van der Waals surface area contributed by atoms with Gasteiger partial charge in [0.05, 0.1) is 0 Å². The fourth-order valence-corrected chi connectivity index (χ4v) is 16.0. The highest BCUT2D eigenvalue weighted by Gasteiger charge is 2.61. The van der Waals surface area contributed by atoms with Crippen molar-refractivity contribution in [2.45, 2.75) is 158 Å². The minimum Gasteiger partial charge on any atom is -0.507 e. The molecule has 1 aromatic carbocycles. The lowest BCUT2D eigenvalue weighted by Gasteiger charge is -2.63. The van der Waals surface area contributed by atoms with Crippen molar-refractivity contribution in [3.8, 4) is 5.75 Å². The molecule has 0 aromatic heterocycles. The van der Waals surface area contributed by atoms with Gasteiger partial charge in [-0.2, -0.15) is 0 Å². The van der Waals surface area contributed by atoms with Crippen molar-refractivity contribution in [1.29, 1.82) is 0 Å². The summed E-state index contributed by atoms with van der Waals surface area (Å²) < 4.78 is 0. The van der Waals surface area contributed by atoms with E-state index in [0.717, 1.165) is 59.0 Å². The summed E-state index contributed by atoms with van der Waals surface area (Å²) in [6.45, 7) is 7.21. The molecule has 12 fully saturated rings. The van der Waals surface area contributed by atoms with Crippen molar-refractivity contribution in [1.82, 2.24) is 0 Å². The van der Waals surface area contributed by atoms with Gasteiger partial charge in [0.25, 0.3) is 0 Å². The van der Waals surface area contributed by atoms with Gasteiger partial charge in [-0.1, -0.05) is 26.8 Å². The van der Waals surface area contributed by atoms with Crippen LogP contribution in [0.4, 0.5) is 0 Å². The smallest absolute Gasteiger partial charge is 0.123 e. The van der Waals surface area contributed by atoms with Crippen LogP contribution in [0.2, 0.25) is 0 Å². The van der Waals surface area contributed by atoms with Crippen LogP contribution in [-0.4, -0.2) is 5.11 Å². The standard InChI is InChI=1S/C40H56O/c1-37(2,3)33-13-32(38-14-23-4-24(15-38)6-25(5-23)16-38)34(39-17-26-7-27(18-39)9-28(8-26)19-39)35(36(33)41)40-20-29-10-30(21-40)12-31(11-29)22-40/h13,23-31,41H,4-12,14-22H2,1-3H3. The highest BCUT2D eigenvalue weighted by atomic mass is 16.3. The number of aromatic hydroxyl groups is 1. The summed E-state index contributed by atoms with van der Waals surface area (Å²) in [5.41, 5.74) is 7.64. The Kier molecular flexibility index (Phi) is 4.94. The van der Waals surface area contributed by atoms with Crippen molar-refractivity contribution >= 4 is 0 Å². The van der Waals surface area contributed by atoms with E-state index in [1.165, 1.54) is 121 Å². The van der Waals surface area contributed by atoms with E-state index < -0.39 is 0 Å². The molecule has 0 saturated heterocycles. The number of hydrogen-bond donors (Lipinski definition) is 1. The van der Waals surface area contributed by atoms with Crippen molar-refractivity contribution in [2.75, 3.05) is 0 Å². The minimum absolute atomic E-state index is 0.0157. The zero-order chi connectivity index (χ0) is 27.5. The maximum absolute atomic E-state index is 12.9. The Bertz CT molecular complexity index is 1180. The van der Waals surface area contributed by atoms with Gasteiger partial charge in [-0.25, -0.2) is 0 Å². The second kappa shape index (κ2) is 7.99. The van der Waals surface area contributed by atoms with Crippen LogP contribution in [0.1, 0.15) is 159 Å². The quantitative estimate of drug-likeness (QED) is 0.395. The van der Waals surface area contributed by atoms with Gasteiger partial charge in [-0.3, -0.25) is 0 Å². The van der Waals surface area contributed by atoms with E-state index in [1.807, 2.05) is 11.1 Å². The first-order valence-electron chi connectivity index (χ1n) is 18.5. The maximum Gasteiger partial charge on any atom is 0.123 e. The molecule has 12 aliphatic rings. The first-order valence-corrected chi connectivity index (χ1v) is 18.5. The molecule has 222 valence electrons. The van der Waals surface area contributed by atoms with Crippen LogP contribution in [-0.2, 0) is 21.7 Å². The lowest BCUT2D eigenvalue weighted by molar-refractivity contribution is -0.0250. The summed E-state index contributed by atoms with van der Waals surface area (Å²) in [4.78, 5) is 0. The van der Waals surface area contributed by atoms with Crippen molar-refractivity contribution in [3.63, 3.8) is 0 Å². The van der Waals surface area contributed by atoms with E-state index in [0.29, 0.717) is 10.8 Å². The molecule has 12 saturated carbocycles. The second-order valence-corrected chi connectivity index (χ2v) is 19.9. The van der Waals surface area contributed by atoms with Crippen molar-refractivity contribution in [2.24, 2.45) is 53.3 Å². The highest BCUT2D eigenvalue weighted by molar-refractivity contribution is 5.61. The summed E-state index contributed by atoms with van der Waals surface area (Å²) in [5.74, 6) is 9.36. The Labute approximate surface area is 250 Å². The van der Waals surface area contributed by atoms with Gasteiger partial charge in [0.2, 0.25) is 0 Å². The SMILES string of the molecule is CC(C)(C)c1cc(C23CC4CC(CC(C4)C2)C3)c(C23CC4CC(CC(C4)C2)C3)c(C23CC4CC(CC(C4)C2)C3)c1O. The van der Waals surface area contributed by atoms with Crippen LogP contribution in [0.25, 0.3) is 0 Å². The first kappa shape index (κ1) is 25.4. The van der Waals surface area contributed by atoms with E-state index in [9.17, 15) is 5.11 Å². The van der Waals surface area contributed by atoms with E-state index >= 15 is 0 Å². The van der Waals surface area contributed by atoms with Crippen molar-refractivity contribution in [3.05, 3.63) is 28.3 Å². The average molecular weight is 553 g/mol. The second-order valence-electron chi connectivity index (χ2n) is 19.9. The molecule has 1 heteroatoms. The fourth-order valence-electron chi connectivity index (χ4n) is 16.0. The minimum atomic E-state index is -0.0157. The van der Waals surface area contributed by atoms with Crippen LogP contribution in [0.15, 0.2) is 6.07 Å². The molecule has 1 N–H and O–H groups in total. The highest BCUT2D eigenvalue weighted by Crippen LogP contribution is 2.70. The largest absolute Gasteiger partial charge is 0.507 e. The zero-order valence-corrected chi connectivity index (χ0v) is 26.4. The van der Waals surface area contributed by atoms with Gasteiger partial charge in [-0.15, -0.1) is 0 Å². The number of phenolic OH excluding ortho intramolecular Hbond substituents is 1. The molecule has 41 heavy (non-hydrogen) atoms. The van der Waals surface area contributed by atoms with Gasteiger partial charge >= 0.3 is 0 Å². The third kappa shape index (κ3) is 3.48. The summed E-state index contributed by atoms with van der Waals surface area (Å²) in [7, 11) is 0. The van der Waals surface area contributed by atoms with Crippen LogP contribution < -0.4 is 0 Å². The molecule has 0 radical (unpaired) electrons. The molecule has 12 aliphatic carbocycles. The summed E-state index contributed by atoms with van der Waals surface area (Å²) >= 11 is 0. The van der Waals surface area contributed by atoms with Gasteiger partial charge in [0.1, 0.15) is 5.75 Å². The number of phenols is 1. The summed E-state index contributed by atoms with van der Waals surface area (Å²) in [6.07, 6.45) is 26.5. The maximum atomic E-state index is 12.9. The average Bonchev–Trinajstić information content (AvgIpc) is 2.85. The molecule has 0 amide bonds. The Morgan fingerprint density at radius 3 is 1.10 bits per heavy atom. The number of rotatable bonds is 3. The summed E-state index contributed by atoms with van der Waals surface area (Å²) in [5, 5.41) is 12.9. The van der Waals surface area contributed by atoms with Gasteiger partial charge in [0.15, 0.2) is 0 Å². The number of hydrogen-bond acceptors (Lipinski definition) is 1. The molecule has 12 bridgehead atoms. The predicted molar refractivity (Wildman–Crippen MR) is 166 cm³/mol. The van der Waals surface area contributed by atoms with E-state index in [2.05, 4.69) is 26.8 Å². The van der Waals surface area contributed by atoms with E-state index in [-0.39, 0.29) is 10.8 Å². The molecule has 0 atom stereocenters. The Morgan fingerprint density at radius 1 is 0.488 bits per heavy atom. The molecule has 1 nitrogen and oxygen atoms in total. The van der Waals surface area contributed by atoms with Gasteiger partial charge in [-0.05, 0) is 202 Å². The van der Waals surface area contributed by atoms with Gasteiger partial charge in [0, 0.05) is 11.0 Å². The van der Waals surface area contributed by atoms with Crippen LogP contribution in [0, 0.1) is 53.3 Å². The molecular weight excluding hydrogens is 496 g/mol. The summed E-state index contributed by atoms with van der Waals surface area (Å²) in [6, 6.07) is 2.72. The van der Waals surface area contributed by atoms with Gasteiger partial charge < -0.3 is 5.11 Å². The number of benzene rings is 1. The molecule has 13 rings (SSSR count). The zero-order valence-electron chi connectivity index (χ0n) is 26.4. The Hall–Kier alpha value is -0.980. The van der Waals surface area contributed by atoms with Crippen LogP contribution in [0.5, 0.6) is 5.75 Å². The van der Waals surface area contributed by atoms with E-state index in [1.54, 1.807) is 5.56 Å². The molecule has 1 aromatic rings. The Balaban J connectivity index is 1.27. The molecule has 0 spiro atoms. The Morgan fingerprint density at radius 2 is 0.780 bits per heavy atom. The van der Waals surface area contributed by atoms with E-state index in [4.69, 9.17) is 0 Å². The fraction of sp³-hybridized carbons (Fsp3) is 0.850.